The molecule has 0 radical (unpaired) electrons. The summed E-state index contributed by atoms with van der Waals surface area (Å²) in [6.45, 7) is 100. The predicted octanol–water partition coefficient (Wildman–Crippen LogP) is 39.0. The molecule has 0 aromatic heterocycles. The fraction of sp³-hybridized carbons (Fsp3) is 0.952. The first kappa shape index (κ1) is 125. The lowest BCUT2D eigenvalue weighted by atomic mass is 9.71. The van der Waals surface area contributed by atoms with Crippen LogP contribution in [-0.2, 0) is 28.4 Å². The first-order valence-corrected chi connectivity index (χ1v) is 56.4. The second kappa shape index (κ2) is 54.6. The van der Waals surface area contributed by atoms with E-state index in [1.165, 1.54) is 211 Å². The number of methoxy groups -OCH3 is 1. The van der Waals surface area contributed by atoms with Crippen molar-refractivity contribution in [3.05, 3.63) is 35.9 Å². The summed E-state index contributed by atoms with van der Waals surface area (Å²) in [5.74, 6) is 10.4. The van der Waals surface area contributed by atoms with E-state index in [4.69, 9.17) is 28.4 Å². The first-order valence-electron chi connectivity index (χ1n) is 56.4. The summed E-state index contributed by atoms with van der Waals surface area (Å²) < 4.78 is 33.7. The lowest BCUT2D eigenvalue weighted by Gasteiger charge is -2.38. The van der Waals surface area contributed by atoms with E-state index in [0.29, 0.717) is 94.8 Å². The molecular weight excluding hydrogens is 1610 g/mol. The van der Waals surface area contributed by atoms with Crippen LogP contribution in [0.3, 0.4) is 0 Å². The molecule has 5 saturated heterocycles. The van der Waals surface area contributed by atoms with Crippen molar-refractivity contribution in [2.24, 2.45) is 130 Å². The van der Waals surface area contributed by atoms with E-state index in [1.54, 1.807) is 32.8 Å². The van der Waals surface area contributed by atoms with Crippen LogP contribution in [0.1, 0.15) is 566 Å². The molecule has 7 aliphatic carbocycles. The molecule has 5 heterocycles. The second-order valence-corrected chi connectivity index (χ2v) is 62.0. The highest BCUT2D eigenvalue weighted by atomic mass is 16.7. The van der Waals surface area contributed by atoms with Crippen molar-refractivity contribution < 1.29 is 33.5 Å². The van der Waals surface area contributed by atoms with Gasteiger partial charge in [-0.05, 0) is 349 Å². The summed E-state index contributed by atoms with van der Waals surface area (Å²) in [5.41, 5.74) is 7.56. The Kier molecular flexibility index (Phi) is 51.7. The summed E-state index contributed by atoms with van der Waals surface area (Å²) in [4.78, 5) is 0. The van der Waals surface area contributed by atoms with Gasteiger partial charge in [0, 0.05) is 33.2 Å². The van der Waals surface area contributed by atoms with Gasteiger partial charge in [0.25, 0.3) is 0 Å². The van der Waals surface area contributed by atoms with Crippen molar-refractivity contribution in [3.63, 3.8) is 0 Å². The molecule has 1 aromatic rings. The standard InChI is InChI=1S/C13H24O2.C13H18.2C12H24O.C12H22.C12H24.C11H20O.C11H22O.C11H22.C9H20O.C9H20/c1-12(2,3)10-11-4-6-13(7-5-11)14-8-9-15-13;1-13(2,3)12-9-11(12)10-7-5-4-6-8-10;1-9-6-11(7-10(2)13-9)8-12(3,4)5;1-11(2,3)9-10-5-7-12(4,13)8-6-10;1-12(2,3)8-11-7-9-4-5-10(11)6-9;1-12(2,3)10-11-8-6-4-5-7-9-11;1-11(2,3)7-8-6-9-4-5-10(8)12-9;1-10(2,3)9-11(4)5-7-12-8-6-11;1-11(2,3)9-10-7-5-4-6-8-10;1-8(2,3)7-9(4,5)10-6;1-8(2,3)7-9(4,5)6/h11H,4-10H2,1-3H3;4-8,11-12H,9H2,1-3H3;9-11H,6-8H2,1-5H3;10,13H,5-9H2,1-4H3;9-11H,4-8H2,1-3H3;11H,4-10H2,1-3H3;8-10H,4-7H2,1-3H3;5-9H2,1-4H3;10H,4-9H2,1-3H3;7H2,1-6H3;7H2,1-6H3. The molecule has 10 atom stereocenters. The van der Waals surface area contributed by atoms with Gasteiger partial charge in [0.2, 0.25) is 0 Å². The minimum absolute atomic E-state index is 0.0260. The minimum atomic E-state index is -0.367. The van der Waals surface area contributed by atoms with Crippen molar-refractivity contribution in [3.8, 4) is 0 Å². The summed E-state index contributed by atoms with van der Waals surface area (Å²) in [7, 11) is 1.77. The minimum Gasteiger partial charge on any atom is -0.390 e. The van der Waals surface area contributed by atoms with Crippen molar-refractivity contribution in [1.29, 1.82) is 0 Å². The van der Waals surface area contributed by atoms with Gasteiger partial charge >= 0.3 is 0 Å². The molecule has 1 N–H and O–H groups in total. The second-order valence-electron chi connectivity index (χ2n) is 62.0. The van der Waals surface area contributed by atoms with Gasteiger partial charge < -0.3 is 33.5 Å². The summed E-state index contributed by atoms with van der Waals surface area (Å²) in [6, 6.07) is 10.9. The summed E-state index contributed by atoms with van der Waals surface area (Å²) in [6.07, 6.45) is 57.7. The van der Waals surface area contributed by atoms with E-state index in [2.05, 4.69) is 314 Å². The normalized spacial score (nSPS) is 28.4. The zero-order valence-corrected chi connectivity index (χ0v) is 97.8. The number of fused-ring (bicyclic) bond motifs is 4. The van der Waals surface area contributed by atoms with Gasteiger partial charge in [-0.3, -0.25) is 0 Å². The maximum Gasteiger partial charge on any atom is 0.168 e. The molecule has 4 bridgehead atoms. The maximum atomic E-state index is 9.79. The van der Waals surface area contributed by atoms with Gasteiger partial charge in [-0.15, -0.1) is 0 Å². The largest absolute Gasteiger partial charge is 0.390 e. The molecule has 7 saturated carbocycles. The van der Waals surface area contributed by atoms with Crippen LogP contribution in [0.15, 0.2) is 30.3 Å². The van der Waals surface area contributed by atoms with Crippen LogP contribution in [-0.4, -0.2) is 80.0 Å². The van der Waals surface area contributed by atoms with Crippen LogP contribution in [0.4, 0.5) is 0 Å². The van der Waals surface area contributed by atoms with Crippen molar-refractivity contribution in [1.82, 2.24) is 0 Å². The van der Waals surface area contributed by atoms with Gasteiger partial charge in [-0.1, -0.05) is 364 Å². The Labute approximate surface area is 828 Å². The van der Waals surface area contributed by atoms with Crippen LogP contribution < -0.4 is 0 Å². The Bertz CT molecular complexity index is 3030. The molecule has 7 heteroatoms. The summed E-state index contributed by atoms with van der Waals surface area (Å²) >= 11 is 0. The highest BCUT2D eigenvalue weighted by molar-refractivity contribution is 5.26. The third-order valence-corrected chi connectivity index (χ3v) is 30.1. The molecule has 132 heavy (non-hydrogen) atoms. The van der Waals surface area contributed by atoms with Gasteiger partial charge in [-0.25, -0.2) is 0 Å². The van der Waals surface area contributed by atoms with Crippen molar-refractivity contribution in [2.45, 2.75) is 601 Å². The van der Waals surface area contributed by atoms with E-state index < -0.39 is 0 Å². The molecule has 782 valence electrons. The fourth-order valence-corrected chi connectivity index (χ4v) is 26.2. The highest BCUT2D eigenvalue weighted by Gasteiger charge is 2.47. The zero-order chi connectivity index (χ0) is 101. The Morgan fingerprint density at radius 1 is 0.348 bits per heavy atom. The third kappa shape index (κ3) is 61.7. The van der Waals surface area contributed by atoms with E-state index in [0.717, 1.165) is 124 Å². The van der Waals surface area contributed by atoms with E-state index in [-0.39, 0.29) is 17.0 Å². The van der Waals surface area contributed by atoms with Crippen molar-refractivity contribution in [2.75, 3.05) is 33.5 Å². The van der Waals surface area contributed by atoms with Crippen LogP contribution in [0.25, 0.3) is 0 Å². The Hall–Kier alpha value is -1.06. The number of rotatable bonds is 11. The topological polar surface area (TPSA) is 75.6 Å². The Balaban J connectivity index is 0.000000375. The van der Waals surface area contributed by atoms with Crippen LogP contribution in [0.2, 0.25) is 0 Å². The number of hydrogen-bond acceptors (Lipinski definition) is 7. The van der Waals surface area contributed by atoms with Crippen LogP contribution >= 0.6 is 0 Å². The molecule has 7 nitrogen and oxygen atoms in total. The van der Waals surface area contributed by atoms with Gasteiger partial charge in [0.05, 0.1) is 48.8 Å². The van der Waals surface area contributed by atoms with Crippen molar-refractivity contribution >= 4 is 0 Å². The Morgan fingerprint density at radius 2 is 0.735 bits per heavy atom. The molecule has 10 unspecified atom stereocenters. The highest BCUT2D eigenvalue weighted by Crippen LogP contribution is 2.57. The fourth-order valence-electron chi connectivity index (χ4n) is 26.2. The SMILES string of the molecule is CC(C)(C)C1CC1c1ccccc1.CC(C)(C)CC(C)(C)C.CC(C)(C)CC1(C)CCOCC1.CC(C)(C)CC1CC2CCC1C2.CC(C)(C)CC1CC2CCC1O2.CC(C)(C)CC1CCC(C)(O)CC1.CC(C)(C)CC1CCC2(CC1)OCCO2.CC(C)(C)CC1CCCCC1.CC(C)(C)CC1CCCCCC1.CC1CC(CC(C)(C)C)CC(C)O1.COC(C)(C)CC(C)(C)C. The monoisotopic (exact) mass is 1850 g/mol. The molecule has 1 spiro atoms. The van der Waals surface area contributed by atoms with Gasteiger partial charge in [0.1, 0.15) is 0 Å². The zero-order valence-electron chi connectivity index (χ0n) is 97.8. The van der Waals surface area contributed by atoms with E-state index in [1.807, 2.05) is 6.92 Å². The predicted molar refractivity (Wildman–Crippen MR) is 581 cm³/mol. The molecule has 5 aliphatic heterocycles. The molecule has 1 aromatic carbocycles. The average Bonchev–Trinajstić information content (AvgIpc) is 1.62. The van der Waals surface area contributed by atoms with Crippen LogP contribution in [0.5, 0.6) is 0 Å². The lowest BCUT2D eigenvalue weighted by molar-refractivity contribution is -0.183. The number of benzene rings is 1. The van der Waals surface area contributed by atoms with Crippen LogP contribution in [0, 0.1) is 130 Å². The number of aliphatic hydroxyl groups is 1. The van der Waals surface area contributed by atoms with E-state index in [9.17, 15) is 5.11 Å². The molecular formula is C125H240O7. The van der Waals surface area contributed by atoms with E-state index >= 15 is 0 Å². The Morgan fingerprint density at radius 3 is 1.05 bits per heavy atom. The summed E-state index contributed by atoms with van der Waals surface area (Å²) in [5, 5.41) is 9.79. The average molecular weight is 1860 g/mol. The quantitative estimate of drug-likeness (QED) is 0.221. The smallest absolute Gasteiger partial charge is 0.168 e. The molecule has 13 rings (SSSR count). The molecule has 0 amide bonds. The number of hydrogen-bond donors (Lipinski definition) is 1. The van der Waals surface area contributed by atoms with Gasteiger partial charge in [-0.2, -0.15) is 0 Å². The molecule has 12 fully saturated rings. The number of ether oxygens (including phenoxy) is 6. The third-order valence-electron chi connectivity index (χ3n) is 30.1. The maximum absolute atomic E-state index is 9.79. The molecule has 12 aliphatic rings. The lowest BCUT2D eigenvalue weighted by Crippen LogP contribution is -2.35. The first-order chi connectivity index (χ1) is 59.9. The van der Waals surface area contributed by atoms with Gasteiger partial charge in [0.15, 0.2) is 5.79 Å².